The van der Waals surface area contributed by atoms with E-state index in [-0.39, 0.29) is 5.54 Å². The molecule has 0 aromatic heterocycles. The number of nitrogens with two attached hydrogens (primary N) is 1. The van der Waals surface area contributed by atoms with E-state index in [9.17, 15) is 0 Å². The van der Waals surface area contributed by atoms with Gasteiger partial charge in [-0.15, -0.1) is 0 Å². The first-order valence-electron chi connectivity index (χ1n) is 10.4. The average Bonchev–Trinajstić information content (AvgIpc) is 2.58. The number of rotatable bonds is 18. The highest BCUT2D eigenvalue weighted by atomic mass is 14.9. The highest BCUT2D eigenvalue weighted by Gasteiger charge is 2.18. The van der Waals surface area contributed by atoms with E-state index in [0.717, 1.165) is 25.9 Å². The predicted octanol–water partition coefficient (Wildman–Crippen LogP) is 4.60. The monoisotopic (exact) mass is 327 g/mol. The zero-order valence-electron chi connectivity index (χ0n) is 16.4. The third-order valence-electron chi connectivity index (χ3n) is 5.05. The summed E-state index contributed by atoms with van der Waals surface area (Å²) in [7, 11) is 0. The van der Waals surface area contributed by atoms with Gasteiger partial charge in [-0.05, 0) is 51.7 Å². The minimum Gasteiger partial charge on any atom is -0.324 e. The van der Waals surface area contributed by atoms with Gasteiger partial charge in [-0.3, -0.25) is 0 Å². The fraction of sp³-hybridized carbons (Fsp3) is 1.00. The Balaban J connectivity index is 3.14. The molecule has 4 N–H and O–H groups in total. The lowest BCUT2D eigenvalue weighted by Crippen LogP contribution is -2.47. The van der Waals surface area contributed by atoms with Crippen LogP contribution in [0, 0.1) is 0 Å². The fourth-order valence-electron chi connectivity index (χ4n) is 2.85. The van der Waals surface area contributed by atoms with Crippen molar-refractivity contribution < 1.29 is 0 Å². The lowest BCUT2D eigenvalue weighted by atomic mass is 9.94. The molecule has 140 valence electrons. The summed E-state index contributed by atoms with van der Waals surface area (Å²) >= 11 is 0. The second kappa shape index (κ2) is 16.7. The zero-order chi connectivity index (χ0) is 17.2. The molecule has 0 aliphatic carbocycles. The summed E-state index contributed by atoms with van der Waals surface area (Å²) in [6, 6.07) is 0. The van der Waals surface area contributed by atoms with Gasteiger partial charge in [0.25, 0.3) is 0 Å². The molecule has 0 atom stereocenters. The Labute approximate surface area is 146 Å². The highest BCUT2D eigenvalue weighted by molar-refractivity contribution is 4.83. The summed E-state index contributed by atoms with van der Waals surface area (Å²) in [6.07, 6.45) is 15.7. The van der Waals surface area contributed by atoms with Gasteiger partial charge < -0.3 is 16.4 Å². The van der Waals surface area contributed by atoms with Crippen molar-refractivity contribution in [1.82, 2.24) is 10.6 Å². The van der Waals surface area contributed by atoms with Crippen LogP contribution in [0.1, 0.15) is 97.8 Å². The zero-order valence-corrected chi connectivity index (χ0v) is 16.4. The molecule has 0 aliphatic heterocycles. The fourth-order valence-corrected chi connectivity index (χ4v) is 2.85. The maximum absolute atomic E-state index is 6.28. The molecule has 0 aliphatic rings. The van der Waals surface area contributed by atoms with Crippen LogP contribution < -0.4 is 16.4 Å². The van der Waals surface area contributed by atoms with Gasteiger partial charge in [0.15, 0.2) is 0 Å². The van der Waals surface area contributed by atoms with Gasteiger partial charge in [0, 0.05) is 12.1 Å². The molecular weight excluding hydrogens is 282 g/mol. The van der Waals surface area contributed by atoms with E-state index in [1.165, 1.54) is 77.3 Å². The van der Waals surface area contributed by atoms with Crippen molar-refractivity contribution in [2.45, 2.75) is 103 Å². The van der Waals surface area contributed by atoms with E-state index in [4.69, 9.17) is 5.73 Å². The van der Waals surface area contributed by atoms with E-state index in [1.807, 2.05) is 0 Å². The molecule has 0 heterocycles. The van der Waals surface area contributed by atoms with Crippen LogP contribution in [0.2, 0.25) is 0 Å². The number of hydrogen-bond acceptors (Lipinski definition) is 3. The van der Waals surface area contributed by atoms with E-state index in [2.05, 4.69) is 31.4 Å². The third-order valence-corrected chi connectivity index (χ3v) is 5.05. The van der Waals surface area contributed by atoms with E-state index in [0.29, 0.717) is 0 Å². The Kier molecular flexibility index (Phi) is 16.6. The minimum atomic E-state index is 0.000456. The van der Waals surface area contributed by atoms with Crippen LogP contribution in [0.3, 0.4) is 0 Å². The third kappa shape index (κ3) is 15.2. The lowest BCUT2D eigenvalue weighted by molar-refractivity contribution is 0.368. The molecular formula is C20H45N3. The predicted molar refractivity (Wildman–Crippen MR) is 105 cm³/mol. The summed E-state index contributed by atoms with van der Waals surface area (Å²) in [5, 5.41) is 7.11. The molecule has 0 saturated heterocycles. The molecule has 3 heteroatoms. The minimum absolute atomic E-state index is 0.000456. The van der Waals surface area contributed by atoms with Crippen LogP contribution in [0.4, 0.5) is 0 Å². The molecule has 0 saturated carbocycles. The summed E-state index contributed by atoms with van der Waals surface area (Å²) in [5.74, 6) is 0. The number of nitrogens with one attached hydrogen (secondary N) is 2. The van der Waals surface area contributed by atoms with Gasteiger partial charge in [-0.25, -0.2) is 0 Å². The van der Waals surface area contributed by atoms with Crippen molar-refractivity contribution >= 4 is 0 Å². The normalized spacial score (nSPS) is 12.0. The maximum atomic E-state index is 6.28. The molecule has 0 aromatic rings. The van der Waals surface area contributed by atoms with Crippen LogP contribution in [-0.2, 0) is 0 Å². The smallest absolute Gasteiger partial charge is 0.0275 e. The molecule has 3 nitrogen and oxygen atoms in total. The molecule has 0 aromatic carbocycles. The highest BCUT2D eigenvalue weighted by Crippen LogP contribution is 2.09. The van der Waals surface area contributed by atoms with Crippen molar-refractivity contribution in [2.24, 2.45) is 5.73 Å². The van der Waals surface area contributed by atoms with E-state index >= 15 is 0 Å². The Hall–Kier alpha value is -0.120. The Morgan fingerprint density at radius 1 is 0.609 bits per heavy atom. The first kappa shape index (κ1) is 22.9. The van der Waals surface area contributed by atoms with Gasteiger partial charge in [0.05, 0.1) is 0 Å². The maximum Gasteiger partial charge on any atom is 0.0275 e. The molecule has 0 rings (SSSR count). The molecule has 0 spiro atoms. The molecule has 0 amide bonds. The second-order valence-electron chi connectivity index (χ2n) is 7.18. The van der Waals surface area contributed by atoms with E-state index in [1.54, 1.807) is 0 Å². The number of hydrogen-bond donors (Lipinski definition) is 3. The molecule has 0 fully saturated rings. The van der Waals surface area contributed by atoms with Gasteiger partial charge >= 0.3 is 0 Å². The van der Waals surface area contributed by atoms with Crippen molar-refractivity contribution in [3.05, 3.63) is 0 Å². The first-order chi connectivity index (χ1) is 11.2. The topological polar surface area (TPSA) is 50.1 Å². The van der Waals surface area contributed by atoms with Gasteiger partial charge in [0.1, 0.15) is 0 Å². The SMILES string of the molecule is CCCCCCCCNCCCCCCNCC(N)(CC)CC. The lowest BCUT2D eigenvalue weighted by Gasteiger charge is -2.26. The molecule has 0 radical (unpaired) electrons. The largest absolute Gasteiger partial charge is 0.324 e. The first-order valence-corrected chi connectivity index (χ1v) is 10.4. The molecule has 23 heavy (non-hydrogen) atoms. The Bertz CT molecular complexity index is 227. The summed E-state index contributed by atoms with van der Waals surface area (Å²) in [5.41, 5.74) is 6.28. The summed E-state index contributed by atoms with van der Waals surface area (Å²) in [6.45, 7) is 11.1. The van der Waals surface area contributed by atoms with Crippen LogP contribution in [0.25, 0.3) is 0 Å². The average molecular weight is 328 g/mol. The van der Waals surface area contributed by atoms with Crippen LogP contribution >= 0.6 is 0 Å². The quantitative estimate of drug-likeness (QED) is 0.322. The van der Waals surface area contributed by atoms with Crippen LogP contribution in [-0.4, -0.2) is 31.7 Å². The second-order valence-corrected chi connectivity index (χ2v) is 7.18. The number of unbranched alkanes of at least 4 members (excludes halogenated alkanes) is 8. The van der Waals surface area contributed by atoms with Crippen LogP contribution in [0.5, 0.6) is 0 Å². The standard InChI is InChI=1S/C20H45N3/c1-4-7-8-9-10-13-16-22-17-14-11-12-15-18-23-19-20(21,5-2)6-3/h22-23H,4-19,21H2,1-3H3. The Morgan fingerprint density at radius 3 is 1.52 bits per heavy atom. The molecule has 0 bridgehead atoms. The van der Waals surface area contributed by atoms with Crippen molar-refractivity contribution in [1.29, 1.82) is 0 Å². The van der Waals surface area contributed by atoms with E-state index < -0.39 is 0 Å². The summed E-state index contributed by atoms with van der Waals surface area (Å²) in [4.78, 5) is 0. The van der Waals surface area contributed by atoms with Crippen LogP contribution in [0.15, 0.2) is 0 Å². The van der Waals surface area contributed by atoms with Gasteiger partial charge in [0.2, 0.25) is 0 Å². The van der Waals surface area contributed by atoms with Gasteiger partial charge in [-0.2, -0.15) is 0 Å². The van der Waals surface area contributed by atoms with Crippen molar-refractivity contribution in [3.8, 4) is 0 Å². The molecule has 0 unspecified atom stereocenters. The Morgan fingerprint density at radius 2 is 1.04 bits per heavy atom. The van der Waals surface area contributed by atoms with Crippen molar-refractivity contribution in [2.75, 3.05) is 26.2 Å². The van der Waals surface area contributed by atoms with Crippen molar-refractivity contribution in [3.63, 3.8) is 0 Å². The summed E-state index contributed by atoms with van der Waals surface area (Å²) < 4.78 is 0. The van der Waals surface area contributed by atoms with Gasteiger partial charge in [-0.1, -0.05) is 65.7 Å².